The molecule has 1 aliphatic heterocycles. The van der Waals surface area contributed by atoms with Crippen LogP contribution in [-0.4, -0.2) is 37.1 Å². The maximum absolute atomic E-state index is 14.6. The maximum Gasteiger partial charge on any atom is 0.251 e. The molecule has 1 aliphatic carbocycles. The summed E-state index contributed by atoms with van der Waals surface area (Å²) in [5.74, 6) is -0.450. The lowest BCUT2D eigenvalue weighted by atomic mass is 9.78. The van der Waals surface area contributed by atoms with Crippen LogP contribution in [0.2, 0.25) is 5.02 Å². The Morgan fingerprint density at radius 1 is 1.11 bits per heavy atom. The molecule has 0 bridgehead atoms. The quantitative estimate of drug-likeness (QED) is 0.510. The molecule has 2 heterocycles. The average Bonchev–Trinajstić information content (AvgIpc) is 3.61. The third-order valence-corrected chi connectivity index (χ3v) is 9.15. The van der Waals surface area contributed by atoms with Gasteiger partial charge in [0.1, 0.15) is 5.82 Å². The number of fused-ring (bicyclic) bond motifs is 1. The SMILES string of the molecule is CC1(C)CNC(=O)c2ccc(-c3nc(Nc4ccc(F)c(C5(S(C)(=O)=O)CC5)c4)ncc3Cl)cc21. The molecule has 0 radical (unpaired) electrons. The second-order valence-electron chi connectivity index (χ2n) is 9.80. The van der Waals surface area contributed by atoms with E-state index in [0.29, 0.717) is 41.4 Å². The maximum atomic E-state index is 14.6. The third-order valence-electron chi connectivity index (χ3n) is 6.83. The summed E-state index contributed by atoms with van der Waals surface area (Å²) < 4.78 is 38.0. The minimum Gasteiger partial charge on any atom is -0.351 e. The fraction of sp³-hybridized carbons (Fsp3) is 0.320. The smallest absolute Gasteiger partial charge is 0.251 e. The normalized spacial score (nSPS) is 17.9. The fourth-order valence-corrected chi connectivity index (χ4v) is 6.21. The molecule has 2 aliphatic rings. The van der Waals surface area contributed by atoms with Crippen molar-refractivity contribution >= 4 is 39.0 Å². The van der Waals surface area contributed by atoms with E-state index >= 15 is 0 Å². The third kappa shape index (κ3) is 4.06. The molecule has 0 unspecified atom stereocenters. The van der Waals surface area contributed by atoms with Crippen LogP contribution in [0, 0.1) is 5.82 Å². The van der Waals surface area contributed by atoms with Crippen LogP contribution in [0.4, 0.5) is 16.0 Å². The summed E-state index contributed by atoms with van der Waals surface area (Å²) in [6.07, 6.45) is 3.38. The number of sulfone groups is 1. The van der Waals surface area contributed by atoms with Crippen molar-refractivity contribution in [1.82, 2.24) is 15.3 Å². The number of nitrogens with zero attached hydrogens (tertiary/aromatic N) is 2. The molecule has 1 fully saturated rings. The number of carbonyl (C=O) groups excluding carboxylic acids is 1. The number of carbonyl (C=O) groups is 1. The monoisotopic (exact) mass is 514 g/mol. The Labute approximate surface area is 208 Å². The summed E-state index contributed by atoms with van der Waals surface area (Å²) in [6, 6.07) is 9.73. The lowest BCUT2D eigenvalue weighted by molar-refractivity contribution is 0.0930. The number of amides is 1. The Morgan fingerprint density at radius 3 is 2.54 bits per heavy atom. The zero-order valence-electron chi connectivity index (χ0n) is 19.4. The molecule has 5 rings (SSSR count). The summed E-state index contributed by atoms with van der Waals surface area (Å²) in [5.41, 5.74) is 3.08. The number of aromatic nitrogens is 2. The van der Waals surface area contributed by atoms with Gasteiger partial charge in [0.15, 0.2) is 9.84 Å². The van der Waals surface area contributed by atoms with Crippen molar-refractivity contribution in [3.8, 4) is 11.3 Å². The van der Waals surface area contributed by atoms with Gasteiger partial charge in [0.05, 0.1) is 21.7 Å². The van der Waals surface area contributed by atoms with Crippen LogP contribution < -0.4 is 10.6 Å². The van der Waals surface area contributed by atoms with Crippen molar-refractivity contribution in [2.24, 2.45) is 0 Å². The molecule has 0 spiro atoms. The minimum absolute atomic E-state index is 0.114. The van der Waals surface area contributed by atoms with Crippen LogP contribution in [0.15, 0.2) is 42.6 Å². The van der Waals surface area contributed by atoms with E-state index < -0.39 is 20.4 Å². The number of rotatable bonds is 5. The van der Waals surface area contributed by atoms with Crippen LogP contribution >= 0.6 is 11.6 Å². The van der Waals surface area contributed by atoms with E-state index in [9.17, 15) is 17.6 Å². The molecule has 0 saturated heterocycles. The van der Waals surface area contributed by atoms with Gasteiger partial charge in [-0.25, -0.2) is 22.8 Å². The van der Waals surface area contributed by atoms with E-state index in [1.165, 1.54) is 24.4 Å². The molecule has 2 N–H and O–H groups in total. The molecule has 10 heteroatoms. The Bertz CT molecular complexity index is 1490. The second-order valence-corrected chi connectivity index (χ2v) is 12.5. The first-order valence-electron chi connectivity index (χ1n) is 11.1. The van der Waals surface area contributed by atoms with Gasteiger partial charge in [-0.1, -0.05) is 31.5 Å². The molecule has 2 aromatic carbocycles. The summed E-state index contributed by atoms with van der Waals surface area (Å²) in [5, 5.41) is 6.28. The fourth-order valence-electron chi connectivity index (χ4n) is 4.61. The minimum atomic E-state index is -3.47. The zero-order chi connectivity index (χ0) is 25.2. The second kappa shape index (κ2) is 7.99. The van der Waals surface area contributed by atoms with Gasteiger partial charge < -0.3 is 10.6 Å². The van der Waals surface area contributed by atoms with Crippen LogP contribution in [0.1, 0.15) is 48.2 Å². The predicted octanol–water partition coefficient (Wildman–Crippen LogP) is 4.73. The van der Waals surface area contributed by atoms with Crippen molar-refractivity contribution in [3.63, 3.8) is 0 Å². The van der Waals surface area contributed by atoms with Crippen molar-refractivity contribution in [1.29, 1.82) is 0 Å². The highest BCUT2D eigenvalue weighted by Gasteiger charge is 2.55. The van der Waals surface area contributed by atoms with Gasteiger partial charge in [0.2, 0.25) is 5.95 Å². The van der Waals surface area contributed by atoms with Crippen LogP contribution in [-0.2, 0) is 20.0 Å². The highest BCUT2D eigenvalue weighted by atomic mass is 35.5. The average molecular weight is 515 g/mol. The molecule has 0 atom stereocenters. The Kier molecular flexibility index (Phi) is 5.41. The lowest BCUT2D eigenvalue weighted by Crippen LogP contribution is -2.43. The molecular weight excluding hydrogens is 491 g/mol. The van der Waals surface area contributed by atoms with Crippen molar-refractivity contribution in [2.75, 3.05) is 18.1 Å². The number of halogens is 2. The first-order chi connectivity index (χ1) is 16.4. The van der Waals surface area contributed by atoms with E-state index in [2.05, 4.69) is 34.4 Å². The van der Waals surface area contributed by atoms with Crippen LogP contribution in [0.25, 0.3) is 11.3 Å². The number of hydrogen-bond acceptors (Lipinski definition) is 6. The lowest BCUT2D eigenvalue weighted by Gasteiger charge is -2.32. The van der Waals surface area contributed by atoms with E-state index in [1.807, 2.05) is 6.07 Å². The first-order valence-corrected chi connectivity index (χ1v) is 13.4. The van der Waals surface area contributed by atoms with Crippen molar-refractivity contribution in [3.05, 3.63) is 70.1 Å². The molecule has 1 saturated carbocycles. The Hall–Kier alpha value is -3.04. The molecule has 1 amide bonds. The van der Waals surface area contributed by atoms with Crippen LogP contribution in [0.5, 0.6) is 0 Å². The first kappa shape index (κ1) is 23.7. The summed E-state index contributed by atoms with van der Waals surface area (Å²) in [6.45, 7) is 4.63. The van der Waals surface area contributed by atoms with Crippen molar-refractivity contribution < 1.29 is 17.6 Å². The highest BCUT2D eigenvalue weighted by Crippen LogP contribution is 2.53. The number of anilines is 2. The van der Waals surface area contributed by atoms with Gasteiger partial charge in [0, 0.05) is 40.6 Å². The van der Waals surface area contributed by atoms with Crippen LogP contribution in [0.3, 0.4) is 0 Å². The molecule has 182 valence electrons. The van der Waals surface area contributed by atoms with Gasteiger partial charge >= 0.3 is 0 Å². The van der Waals surface area contributed by atoms with Gasteiger partial charge in [-0.05, 0) is 48.7 Å². The van der Waals surface area contributed by atoms with E-state index in [4.69, 9.17) is 11.6 Å². The molecule has 1 aromatic heterocycles. The zero-order valence-corrected chi connectivity index (χ0v) is 21.0. The summed E-state index contributed by atoms with van der Waals surface area (Å²) >= 11 is 6.43. The molecule has 7 nitrogen and oxygen atoms in total. The van der Waals surface area contributed by atoms with Gasteiger partial charge in [-0.2, -0.15) is 0 Å². The Balaban J connectivity index is 1.50. The summed E-state index contributed by atoms with van der Waals surface area (Å²) in [7, 11) is -3.47. The van der Waals surface area contributed by atoms with E-state index in [0.717, 1.165) is 17.4 Å². The predicted molar refractivity (Wildman–Crippen MR) is 133 cm³/mol. The highest BCUT2D eigenvalue weighted by molar-refractivity contribution is 7.92. The molecular formula is C25H24ClFN4O3S. The standard InChI is InChI=1S/C25H24ClFN4O3S/c1-24(2)13-29-22(32)16-6-4-14(10-17(16)24)21-19(26)12-28-23(31-21)30-15-5-7-20(27)18(11-15)25(8-9-25)35(3,33)34/h4-7,10-12H,8-9,13H2,1-3H3,(H,29,32)(H,28,30,31). The number of hydrogen-bond donors (Lipinski definition) is 2. The summed E-state index contributed by atoms with van der Waals surface area (Å²) in [4.78, 5) is 21.1. The van der Waals surface area contributed by atoms with Gasteiger partial charge in [-0.3, -0.25) is 4.79 Å². The number of nitrogens with one attached hydrogen (secondary N) is 2. The van der Waals surface area contributed by atoms with Gasteiger partial charge in [-0.15, -0.1) is 0 Å². The van der Waals surface area contributed by atoms with Gasteiger partial charge in [0.25, 0.3) is 5.91 Å². The van der Waals surface area contributed by atoms with Crippen molar-refractivity contribution in [2.45, 2.75) is 36.9 Å². The topological polar surface area (TPSA) is 101 Å². The largest absolute Gasteiger partial charge is 0.351 e. The van der Waals surface area contributed by atoms with E-state index in [-0.39, 0.29) is 22.8 Å². The number of benzene rings is 2. The van der Waals surface area contributed by atoms with E-state index in [1.54, 1.807) is 12.1 Å². The molecule has 35 heavy (non-hydrogen) atoms. The molecule has 3 aromatic rings. The Morgan fingerprint density at radius 2 is 1.86 bits per heavy atom.